The van der Waals surface area contributed by atoms with Crippen molar-refractivity contribution < 1.29 is 8.42 Å². The van der Waals surface area contributed by atoms with Crippen molar-refractivity contribution in [3.63, 3.8) is 0 Å². The summed E-state index contributed by atoms with van der Waals surface area (Å²) in [7, 11) is -3.58. The van der Waals surface area contributed by atoms with Crippen LogP contribution in [-0.2, 0) is 15.8 Å². The molecule has 0 aliphatic carbocycles. The summed E-state index contributed by atoms with van der Waals surface area (Å²) in [5.41, 5.74) is 14.6. The van der Waals surface area contributed by atoms with Gasteiger partial charge in [-0.1, -0.05) is 590 Å². The van der Waals surface area contributed by atoms with Gasteiger partial charge < -0.3 is 5.32 Å². The number of aryl methyl sites for hydroxylation is 5. The normalized spacial score (nSPS) is 9.73. The lowest BCUT2D eigenvalue weighted by molar-refractivity contribution is 0.601. The molecule has 0 bridgehead atoms. The summed E-state index contributed by atoms with van der Waals surface area (Å²) in [6, 6.07) is 108. The zero-order chi connectivity index (χ0) is 104. The molecule has 0 aliphatic rings. The van der Waals surface area contributed by atoms with Crippen LogP contribution in [0.2, 0.25) is 0 Å². The molecule has 0 unspecified atom stereocenters. The minimum atomic E-state index is -3.58. The third-order valence-electron chi connectivity index (χ3n) is 16.9. The molecule has 0 saturated carbocycles. The van der Waals surface area contributed by atoms with Crippen LogP contribution >= 0.6 is 128 Å². The van der Waals surface area contributed by atoms with E-state index in [-0.39, 0.29) is 10.0 Å². The van der Waals surface area contributed by atoms with Crippen LogP contribution in [0.25, 0.3) is 36.5 Å². The minimum Gasteiger partial charge on any atom is -0.371 e. The number of aromatic nitrogens is 11. The van der Waals surface area contributed by atoms with E-state index in [4.69, 9.17) is 0 Å². The first-order chi connectivity index (χ1) is 69.1. The number of H-pyrrole nitrogens is 1. The first-order valence-electron chi connectivity index (χ1n) is 45.9. The van der Waals surface area contributed by atoms with Crippen molar-refractivity contribution in [2.45, 2.75) is 145 Å². The van der Waals surface area contributed by atoms with Gasteiger partial charge in [0.25, 0.3) is 10.0 Å². The van der Waals surface area contributed by atoms with Crippen molar-refractivity contribution in [3.8, 4) is 0 Å². The van der Waals surface area contributed by atoms with Crippen LogP contribution in [0.3, 0.4) is 0 Å². The number of hydrogen-bond donors (Lipinski definition) is 3. The Hall–Kier alpha value is -11.2. The van der Waals surface area contributed by atoms with Crippen LogP contribution in [0.5, 0.6) is 0 Å². The van der Waals surface area contributed by atoms with Crippen molar-refractivity contribution in [2.75, 3.05) is 56.9 Å². The van der Waals surface area contributed by atoms with Crippen molar-refractivity contribution in [1.29, 1.82) is 0 Å². The van der Waals surface area contributed by atoms with Gasteiger partial charge in [-0.25, -0.2) is 13.4 Å². The van der Waals surface area contributed by atoms with E-state index < -0.39 is 10.0 Å². The molecule has 5 heterocycles. The first-order valence-corrected chi connectivity index (χ1v) is 57.7. The number of thioether (sulfide) groups is 8. The van der Waals surface area contributed by atoms with Crippen LogP contribution in [0, 0.1) is 34.6 Å². The molecule has 0 saturated heterocycles. The van der Waals surface area contributed by atoms with Gasteiger partial charge in [0.05, 0.1) is 4.90 Å². The highest BCUT2D eigenvalue weighted by Crippen LogP contribution is 2.31. The molecule has 28 heteroatoms. The fourth-order valence-corrected chi connectivity index (χ4v) is 20.0. The number of nitrogens with zero attached hydrogens (tertiary/aromatic N) is 11. The van der Waals surface area contributed by atoms with E-state index in [9.17, 15) is 8.42 Å². The average Bonchev–Trinajstić information content (AvgIpc) is 1.43. The van der Waals surface area contributed by atoms with E-state index in [1.54, 1.807) is 124 Å². The molecule has 142 heavy (non-hydrogen) atoms. The molecule has 0 fully saturated rings. The van der Waals surface area contributed by atoms with Crippen molar-refractivity contribution in [1.82, 2.24) is 55.7 Å². The largest absolute Gasteiger partial charge is 0.371 e. The summed E-state index contributed by atoms with van der Waals surface area (Å²) in [6.45, 7) is 51.5. The van der Waals surface area contributed by atoms with Crippen LogP contribution in [0.15, 0.2) is 415 Å². The van der Waals surface area contributed by atoms with E-state index >= 15 is 0 Å². The fourth-order valence-electron chi connectivity index (χ4n) is 9.97. The zero-order valence-corrected chi connectivity index (χ0v) is 93.8. The lowest BCUT2D eigenvalue weighted by Crippen LogP contribution is -2.12. The molecule has 0 amide bonds. The summed E-state index contributed by atoms with van der Waals surface area (Å²) in [6.07, 6.45) is 12.7. The number of nitrogens with one attached hydrogen (secondary N) is 3. The average molecular weight is 2120 g/mol. The predicted molar refractivity (Wildman–Crippen MR) is 636 cm³/mol. The van der Waals surface area contributed by atoms with Crippen molar-refractivity contribution >= 4 is 197 Å². The molecule has 3 N–H and O–H groups in total. The molecule has 746 valence electrons. The Kier molecular flexibility index (Phi) is 72.4. The molecular formula is C114H136N14O2S12. The maximum Gasteiger partial charge on any atom is 0.263 e. The quantitative estimate of drug-likeness (QED) is 0.0293. The molecular weight excluding hydrogens is 1980 g/mol. The SMILES string of the molecule is C=Cc1ccccc1.C=Cc1ccccc1.C=Cc1ccccc1.C=Cc1ccccc1.C=Cc1ccccc1.C=Cc1ccccc1.CC=Nc1nnc(SCC)s1.CCNc1cc(SCc2ccc(C)cc2)n[nH]1.CCSc1nc(SCC)nc(SCC)n1.CCSc1nnc(NS(=O)(=O)c2ccc(C)cc2)s1.CCSc1nnc(SCC)s1.Cc1ccccc1.Cc1ccccc1.Cc1ccccc1. The number of rotatable bonds is 29. The molecule has 5 aromatic heterocycles. The molecule has 0 aliphatic heterocycles. The van der Waals surface area contributed by atoms with Gasteiger partial charge in [-0.2, -0.15) is 20.1 Å². The van der Waals surface area contributed by atoms with Gasteiger partial charge in [0, 0.05) is 24.6 Å². The maximum absolute atomic E-state index is 12.1. The summed E-state index contributed by atoms with van der Waals surface area (Å²) < 4.78 is 30.6. The highest BCUT2D eigenvalue weighted by Gasteiger charge is 2.17. The fraction of sp³-hybridized carbons (Fsp3) is 0.202. The summed E-state index contributed by atoms with van der Waals surface area (Å²) >= 11 is 17.9. The summed E-state index contributed by atoms with van der Waals surface area (Å²) in [5, 5.41) is 38.6. The van der Waals surface area contributed by atoms with Gasteiger partial charge in [-0.15, -0.1) is 30.6 Å². The number of benzene rings is 11. The zero-order valence-electron chi connectivity index (χ0n) is 84.0. The van der Waals surface area contributed by atoms with Gasteiger partial charge >= 0.3 is 0 Å². The minimum absolute atomic E-state index is 0.220. The number of aliphatic imine (C=N–C) groups is 1. The van der Waals surface area contributed by atoms with Crippen LogP contribution in [0.4, 0.5) is 16.1 Å². The molecule has 0 radical (unpaired) electrons. The Labute approximate surface area is 893 Å². The molecule has 16 rings (SSSR count). The number of aromatic amines is 1. The lowest BCUT2D eigenvalue weighted by atomic mass is 10.2. The second kappa shape index (κ2) is 82.2. The summed E-state index contributed by atoms with van der Waals surface area (Å²) in [4.78, 5) is 17.4. The highest BCUT2D eigenvalue weighted by molar-refractivity contribution is 8.03. The summed E-state index contributed by atoms with van der Waals surface area (Å²) in [5.74, 6) is 8.99. The molecule has 16 nitrogen and oxygen atoms in total. The first kappa shape index (κ1) is 125. The molecule has 0 atom stereocenters. The number of hydrogen-bond acceptors (Lipinski definition) is 25. The van der Waals surface area contributed by atoms with Crippen LogP contribution in [-0.4, -0.2) is 117 Å². The topological polar surface area (TPSA) is 215 Å². The van der Waals surface area contributed by atoms with Gasteiger partial charge in [-0.05, 0) is 140 Å². The Morgan fingerprint density at radius 2 is 0.606 bits per heavy atom. The van der Waals surface area contributed by atoms with E-state index in [1.165, 1.54) is 95.6 Å². The smallest absolute Gasteiger partial charge is 0.263 e. The van der Waals surface area contributed by atoms with Crippen molar-refractivity contribution in [2.24, 2.45) is 4.99 Å². The molecule has 0 spiro atoms. The predicted octanol–water partition coefficient (Wildman–Crippen LogP) is 34.5. The Morgan fingerprint density at radius 1 is 0.331 bits per heavy atom. The Balaban J connectivity index is 0.000000398. The highest BCUT2D eigenvalue weighted by atomic mass is 32.2. The lowest BCUT2D eigenvalue weighted by Gasteiger charge is -2.04. The monoisotopic (exact) mass is 2120 g/mol. The standard InChI is InChI=1S/C13H17N3S.C11H13N3O2S3.C9H15N3S3.6C8H8.3C7H8.C6H9N3S2.C6H10N2S3/c1-3-14-12-8-13(16-15-12)17-9-11-6-4-10(2)5-7-11;1-3-17-11-13-12-10(18-11)14-19(15,16)9-6-4-8(2)5-7-9;1-4-13-7-10-8(14-5-2)12-9(11-7)15-6-3;6*1-2-8-6-4-3-5-7-8;3*1-7-5-3-2-4-6-7;1-3-7-5-8-9-6(11-5)10-4-2;1-3-9-5-7-8-6(11-5)10-4-2/h4-8H,3,9H2,1-2H3,(H2,14,15,16);4-7H,3H2,1-2H3,(H,12,14);4-6H2,1-3H3;6*2-7H,1H2;3*2-6H,1H3;3H,4H2,1-2H3;3-4H2,1-2H3. The third kappa shape index (κ3) is 62.3. The number of sulfonamides is 1. The van der Waals surface area contributed by atoms with Gasteiger partial charge in [0.15, 0.2) is 32.8 Å². The Bertz CT molecular complexity index is 5510. The van der Waals surface area contributed by atoms with Gasteiger partial charge in [0.2, 0.25) is 10.3 Å². The van der Waals surface area contributed by atoms with Gasteiger partial charge in [-0.3, -0.25) is 9.82 Å². The molecule has 11 aromatic carbocycles. The van der Waals surface area contributed by atoms with E-state index in [0.29, 0.717) is 0 Å². The van der Waals surface area contributed by atoms with Crippen LogP contribution in [0.1, 0.15) is 129 Å². The second-order valence-corrected chi connectivity index (χ2v) is 43.5. The second-order valence-electron chi connectivity index (χ2n) is 28.2. The maximum atomic E-state index is 12.1. The van der Waals surface area contributed by atoms with Crippen LogP contribution < -0.4 is 10.0 Å². The Morgan fingerprint density at radius 3 is 0.880 bits per heavy atom. The molecule has 16 aromatic rings. The number of anilines is 2. The van der Waals surface area contributed by atoms with E-state index in [1.807, 2.05) is 300 Å². The van der Waals surface area contributed by atoms with Gasteiger partial charge in [0.1, 0.15) is 10.8 Å². The third-order valence-corrected chi connectivity index (χ3v) is 28.2. The van der Waals surface area contributed by atoms with Crippen molar-refractivity contribution in [3.05, 3.63) is 434 Å². The van der Waals surface area contributed by atoms with E-state index in [2.05, 4.69) is 247 Å². The van der Waals surface area contributed by atoms with E-state index in [0.717, 1.165) is 107 Å².